The van der Waals surface area contributed by atoms with Crippen molar-refractivity contribution in [3.05, 3.63) is 25.3 Å². The van der Waals surface area contributed by atoms with Crippen molar-refractivity contribution < 1.29 is 41.5 Å². The normalized spacial score (nSPS) is 30.2. The molecule has 2 saturated heterocycles. The summed E-state index contributed by atoms with van der Waals surface area (Å²) < 4.78 is 72.0. The predicted octanol–water partition coefficient (Wildman–Crippen LogP) is 2.22. The molecule has 18 nitrogen and oxygen atoms in total. The van der Waals surface area contributed by atoms with Crippen molar-refractivity contribution in [1.82, 2.24) is 39.0 Å². The van der Waals surface area contributed by atoms with E-state index in [1.54, 1.807) is 10.9 Å². The first-order valence-electron chi connectivity index (χ1n) is 13.3. The number of thiol groups is 1. The Morgan fingerprint density at radius 3 is 2.27 bits per heavy atom. The third kappa shape index (κ3) is 6.05. The summed E-state index contributed by atoms with van der Waals surface area (Å²) in [6, 6.07) is 0. The highest BCUT2D eigenvalue weighted by Gasteiger charge is 2.51. The van der Waals surface area contributed by atoms with Gasteiger partial charge in [0.05, 0.1) is 31.5 Å². The Balaban J connectivity index is 1.14. The standard InChI is InChI=1S/C22H29FN10O8P2S/c1-9-3-11(38-21(9)32-7-30-13-17(24)26-5-28-19(13)32)4-37-42(34)40-16-12(23)22(39-15(16)10(2)41-43(35,36)44)33-8-31-14-18(25)27-6-29-20(14)33/h5-12,15-16,21-22,42H,3-4H2,1-2H3,(H2,24,26,28)(H2,25,27,29)(H2,35,36,44)/t9-,10-,11?,12-,15-,16+,21-,22-/m1/s1. The number of nitrogen functional groups attached to an aromatic ring is 2. The van der Waals surface area contributed by atoms with Gasteiger partial charge in [0, 0.05) is 5.92 Å². The molecule has 2 fully saturated rings. The highest BCUT2D eigenvalue weighted by atomic mass is 32.7. The van der Waals surface area contributed by atoms with Crippen LogP contribution in [-0.4, -0.2) is 81.1 Å². The maximum Gasteiger partial charge on any atom is 0.383 e. The fourth-order valence-corrected chi connectivity index (χ4v) is 7.32. The first kappa shape index (κ1) is 31.2. The molecular weight excluding hydrogens is 645 g/mol. The molecule has 10 atom stereocenters. The lowest BCUT2D eigenvalue weighted by Crippen LogP contribution is -2.37. The van der Waals surface area contributed by atoms with Crippen LogP contribution < -0.4 is 11.5 Å². The summed E-state index contributed by atoms with van der Waals surface area (Å²) >= 11 is 3.54. The smallest absolute Gasteiger partial charge is 0.382 e. The van der Waals surface area contributed by atoms with E-state index in [-0.39, 0.29) is 35.3 Å². The average molecular weight is 675 g/mol. The van der Waals surface area contributed by atoms with Crippen LogP contribution in [0.5, 0.6) is 0 Å². The molecule has 44 heavy (non-hydrogen) atoms. The minimum atomic E-state index is -4.32. The van der Waals surface area contributed by atoms with Gasteiger partial charge in [-0.3, -0.25) is 18.2 Å². The molecular formula is C22H29FN10O8P2S. The fourth-order valence-electron chi connectivity index (χ4n) is 5.45. The zero-order chi connectivity index (χ0) is 31.3. The SMILES string of the molecule is C[C@@H]1CC(CO[PH](=O)O[C@H]2[C@@H](F)[C@H](n3cnc4c(N)ncnc43)O[C@@H]2[C@@H](C)OP(=O)(O)S)O[C@H]1n1cnc2c(N)ncnc21. The van der Waals surface area contributed by atoms with Crippen LogP contribution in [0.15, 0.2) is 25.3 Å². The van der Waals surface area contributed by atoms with E-state index in [9.17, 15) is 14.0 Å². The van der Waals surface area contributed by atoms with Crippen LogP contribution in [0.2, 0.25) is 0 Å². The zero-order valence-electron chi connectivity index (χ0n) is 23.2. The van der Waals surface area contributed by atoms with Crippen LogP contribution in [0.4, 0.5) is 16.0 Å². The lowest BCUT2D eigenvalue weighted by atomic mass is 10.1. The molecule has 5 N–H and O–H groups in total. The number of aromatic nitrogens is 8. The number of nitrogens with two attached hydrogens (primary N) is 2. The lowest BCUT2D eigenvalue weighted by Gasteiger charge is -2.25. The number of rotatable bonds is 10. The number of hydrogen-bond acceptors (Lipinski definition) is 15. The number of hydrogen-bond donors (Lipinski definition) is 4. The number of alkyl halides is 1. The zero-order valence-corrected chi connectivity index (χ0v) is 25.9. The molecule has 0 saturated carbocycles. The highest BCUT2D eigenvalue weighted by Crippen LogP contribution is 2.51. The molecule has 6 rings (SSSR count). The third-order valence-corrected chi connectivity index (χ3v) is 9.13. The number of halogens is 1. The monoisotopic (exact) mass is 674 g/mol. The average Bonchev–Trinajstić information content (AvgIpc) is 3.72. The third-order valence-electron chi connectivity index (χ3n) is 7.37. The molecule has 0 aliphatic carbocycles. The van der Waals surface area contributed by atoms with Crippen LogP contribution in [-0.2, 0) is 32.2 Å². The quantitative estimate of drug-likeness (QED) is 0.139. The molecule has 0 aromatic carbocycles. The number of anilines is 2. The molecule has 0 radical (unpaired) electrons. The van der Waals surface area contributed by atoms with Crippen molar-refractivity contribution >= 4 is 61.3 Å². The Morgan fingerprint density at radius 2 is 1.68 bits per heavy atom. The summed E-state index contributed by atoms with van der Waals surface area (Å²) in [7, 11) is -3.35. The molecule has 0 bridgehead atoms. The number of nitrogens with zero attached hydrogens (tertiary/aromatic N) is 8. The summed E-state index contributed by atoms with van der Waals surface area (Å²) in [5.41, 5.74) is 13.1. The van der Waals surface area contributed by atoms with Gasteiger partial charge in [-0.25, -0.2) is 38.9 Å². The Hall–Kier alpha value is -2.80. The highest BCUT2D eigenvalue weighted by molar-refractivity contribution is 8.44. The maximum atomic E-state index is 16.0. The second-order valence-corrected chi connectivity index (χ2v) is 14.1. The van der Waals surface area contributed by atoms with Gasteiger partial charge in [0.2, 0.25) is 0 Å². The molecule has 4 aromatic heterocycles. The Labute approximate surface area is 254 Å². The maximum absolute atomic E-state index is 16.0. The van der Waals surface area contributed by atoms with E-state index in [1.807, 2.05) is 6.92 Å². The lowest BCUT2D eigenvalue weighted by molar-refractivity contribution is -0.0676. The van der Waals surface area contributed by atoms with Crippen LogP contribution >= 0.6 is 27.3 Å². The molecule has 0 amide bonds. The fraction of sp³-hybridized carbons (Fsp3) is 0.545. The van der Waals surface area contributed by atoms with E-state index in [4.69, 9.17) is 34.5 Å². The number of imidazole rings is 2. The van der Waals surface area contributed by atoms with Crippen molar-refractivity contribution in [1.29, 1.82) is 0 Å². The van der Waals surface area contributed by atoms with Gasteiger partial charge in [-0.05, 0) is 13.3 Å². The molecule has 3 unspecified atom stereocenters. The summed E-state index contributed by atoms with van der Waals surface area (Å²) in [6.45, 7) is -1.11. The van der Waals surface area contributed by atoms with Gasteiger partial charge in [-0.15, -0.1) is 0 Å². The first-order chi connectivity index (χ1) is 20.9. The van der Waals surface area contributed by atoms with E-state index in [2.05, 4.69) is 42.2 Å². The van der Waals surface area contributed by atoms with Crippen LogP contribution in [0.1, 0.15) is 32.7 Å². The molecule has 238 valence electrons. The van der Waals surface area contributed by atoms with E-state index in [0.29, 0.717) is 17.6 Å². The molecule has 2 aliphatic rings. The van der Waals surface area contributed by atoms with Crippen molar-refractivity contribution in [2.45, 2.75) is 63.3 Å². The van der Waals surface area contributed by atoms with Crippen molar-refractivity contribution in [2.24, 2.45) is 5.92 Å². The minimum Gasteiger partial charge on any atom is -0.382 e. The Bertz CT molecular complexity index is 1740. The number of fused-ring (bicyclic) bond motifs is 2. The van der Waals surface area contributed by atoms with Gasteiger partial charge in [0.25, 0.3) is 0 Å². The summed E-state index contributed by atoms with van der Waals surface area (Å²) in [4.78, 5) is 34.2. The van der Waals surface area contributed by atoms with Crippen molar-refractivity contribution in [2.75, 3.05) is 18.1 Å². The van der Waals surface area contributed by atoms with Gasteiger partial charge >= 0.3 is 15.1 Å². The van der Waals surface area contributed by atoms with Gasteiger partial charge in [-0.1, -0.05) is 19.2 Å². The molecule has 6 heterocycles. The van der Waals surface area contributed by atoms with E-state index in [0.717, 1.165) is 0 Å². The molecule has 0 spiro atoms. The Morgan fingerprint density at radius 1 is 1.09 bits per heavy atom. The van der Waals surface area contributed by atoms with Gasteiger partial charge in [-0.2, -0.15) is 0 Å². The second-order valence-electron chi connectivity index (χ2n) is 10.4. The predicted molar refractivity (Wildman–Crippen MR) is 155 cm³/mol. The Kier molecular flexibility index (Phi) is 8.64. The summed E-state index contributed by atoms with van der Waals surface area (Å²) in [6.07, 6.45) is -2.50. The van der Waals surface area contributed by atoms with E-state index >= 15 is 4.39 Å². The van der Waals surface area contributed by atoms with Crippen LogP contribution in [0, 0.1) is 5.92 Å². The minimum absolute atomic E-state index is 0.000258. The van der Waals surface area contributed by atoms with Crippen LogP contribution in [0.3, 0.4) is 0 Å². The van der Waals surface area contributed by atoms with Crippen LogP contribution in [0.25, 0.3) is 22.3 Å². The van der Waals surface area contributed by atoms with E-state index in [1.165, 1.54) is 30.5 Å². The topological polar surface area (TPSA) is 240 Å². The number of ether oxygens (including phenoxy) is 2. The van der Waals surface area contributed by atoms with Crippen molar-refractivity contribution in [3.63, 3.8) is 0 Å². The largest absolute Gasteiger partial charge is 0.383 e. The van der Waals surface area contributed by atoms with E-state index < -0.39 is 58.1 Å². The van der Waals surface area contributed by atoms with Gasteiger partial charge in [0.1, 0.15) is 42.1 Å². The molecule has 2 aliphatic heterocycles. The molecule has 4 aromatic rings. The first-order valence-corrected chi connectivity index (χ1v) is 17.2. The van der Waals surface area contributed by atoms with Crippen molar-refractivity contribution in [3.8, 4) is 0 Å². The second kappa shape index (κ2) is 12.2. The summed E-state index contributed by atoms with van der Waals surface area (Å²) in [5, 5.41) is 0. The summed E-state index contributed by atoms with van der Waals surface area (Å²) in [5.74, 6) is 0.315. The van der Waals surface area contributed by atoms with Gasteiger partial charge < -0.3 is 34.9 Å². The molecule has 22 heteroatoms. The van der Waals surface area contributed by atoms with Gasteiger partial charge in [0.15, 0.2) is 35.3 Å².